The summed E-state index contributed by atoms with van der Waals surface area (Å²) in [6.45, 7) is 1.82. The second-order valence-corrected chi connectivity index (χ2v) is 4.72. The zero-order valence-corrected chi connectivity index (χ0v) is 12.8. The molecule has 0 aromatic heterocycles. The average molecular weight is 349 g/mol. The van der Waals surface area contributed by atoms with Gasteiger partial charge in [-0.15, -0.1) is 0 Å². The van der Waals surface area contributed by atoms with Crippen molar-refractivity contribution >= 4 is 15.9 Å². The summed E-state index contributed by atoms with van der Waals surface area (Å²) in [5.41, 5.74) is 2.02. The van der Waals surface area contributed by atoms with E-state index >= 15 is 0 Å². The van der Waals surface area contributed by atoms with E-state index in [2.05, 4.69) is 15.9 Å². The molecule has 0 amide bonds. The van der Waals surface area contributed by atoms with Crippen LogP contribution in [0, 0.1) is 41.2 Å². The Labute approximate surface area is 130 Å². The molecular formula is C16H11BrF2N2. The first-order valence-electron chi connectivity index (χ1n) is 5.92. The summed E-state index contributed by atoms with van der Waals surface area (Å²) in [5.74, 6) is -0.912. The summed E-state index contributed by atoms with van der Waals surface area (Å²) in [7, 11) is 0. The van der Waals surface area contributed by atoms with E-state index in [1.165, 1.54) is 24.3 Å². The zero-order valence-electron chi connectivity index (χ0n) is 11.2. The van der Waals surface area contributed by atoms with Crippen molar-refractivity contribution in [3.8, 4) is 12.1 Å². The van der Waals surface area contributed by atoms with Crippen LogP contribution in [-0.4, -0.2) is 0 Å². The van der Waals surface area contributed by atoms with Crippen LogP contribution in [0.1, 0.15) is 22.3 Å². The highest BCUT2D eigenvalue weighted by molar-refractivity contribution is 9.08. The third kappa shape index (κ3) is 4.98. The smallest absolute Gasteiger partial charge is 0.140 e. The molecule has 0 saturated carbocycles. The molecule has 0 radical (unpaired) electrons. The van der Waals surface area contributed by atoms with Gasteiger partial charge in [0.2, 0.25) is 0 Å². The molecule has 2 aromatic rings. The van der Waals surface area contributed by atoms with Crippen molar-refractivity contribution in [3.63, 3.8) is 0 Å². The minimum absolute atomic E-state index is 0.0990. The number of hydrogen-bond acceptors (Lipinski definition) is 2. The quantitative estimate of drug-likeness (QED) is 0.707. The number of rotatable bonds is 1. The molecule has 0 saturated heterocycles. The minimum atomic E-state index is -0.461. The molecule has 2 rings (SSSR count). The predicted octanol–water partition coefficient (Wildman–Crippen LogP) is 4.60. The molecule has 0 fully saturated rings. The molecule has 2 aromatic carbocycles. The Kier molecular flexibility index (Phi) is 6.52. The van der Waals surface area contributed by atoms with Crippen molar-refractivity contribution in [3.05, 3.63) is 70.3 Å². The number of nitriles is 2. The highest BCUT2D eigenvalue weighted by Crippen LogP contribution is 2.11. The summed E-state index contributed by atoms with van der Waals surface area (Å²) < 4.78 is 25.2. The van der Waals surface area contributed by atoms with E-state index in [-0.39, 0.29) is 11.1 Å². The zero-order chi connectivity index (χ0) is 15.8. The summed E-state index contributed by atoms with van der Waals surface area (Å²) in [4.78, 5) is 0. The van der Waals surface area contributed by atoms with Crippen LogP contribution in [0.15, 0.2) is 36.4 Å². The fraction of sp³-hybridized carbons (Fsp3) is 0.125. The van der Waals surface area contributed by atoms with E-state index in [1.54, 1.807) is 24.3 Å². The van der Waals surface area contributed by atoms with Gasteiger partial charge in [-0.1, -0.05) is 28.1 Å². The van der Waals surface area contributed by atoms with Gasteiger partial charge in [0.05, 0.1) is 11.1 Å². The van der Waals surface area contributed by atoms with Gasteiger partial charge in [-0.05, 0) is 42.3 Å². The summed E-state index contributed by atoms with van der Waals surface area (Å²) in [6, 6.07) is 12.5. The van der Waals surface area contributed by atoms with E-state index < -0.39 is 11.6 Å². The monoisotopic (exact) mass is 348 g/mol. The Morgan fingerprint density at radius 2 is 1.48 bits per heavy atom. The highest BCUT2D eigenvalue weighted by Gasteiger charge is 2.00. The molecule has 2 nitrogen and oxygen atoms in total. The Morgan fingerprint density at radius 1 is 0.952 bits per heavy atom. The lowest BCUT2D eigenvalue weighted by molar-refractivity contribution is 0.623. The van der Waals surface area contributed by atoms with Crippen molar-refractivity contribution in [2.75, 3.05) is 0 Å². The fourth-order valence-corrected chi connectivity index (χ4v) is 1.81. The topological polar surface area (TPSA) is 47.6 Å². The van der Waals surface area contributed by atoms with E-state index in [1.807, 2.05) is 6.92 Å². The maximum atomic E-state index is 12.7. The third-order valence-electron chi connectivity index (χ3n) is 2.55. The van der Waals surface area contributed by atoms with Gasteiger partial charge in [-0.3, -0.25) is 0 Å². The van der Waals surface area contributed by atoms with Crippen LogP contribution in [0.2, 0.25) is 0 Å². The largest absolute Gasteiger partial charge is 0.206 e. The van der Waals surface area contributed by atoms with E-state index in [0.29, 0.717) is 5.33 Å². The SMILES string of the molecule is Cc1ccc(F)c(C#N)c1.N#Cc1cc(CBr)ccc1F. The molecule has 0 aliphatic rings. The van der Waals surface area contributed by atoms with Crippen molar-refractivity contribution < 1.29 is 8.78 Å². The van der Waals surface area contributed by atoms with Gasteiger partial charge < -0.3 is 0 Å². The molecule has 21 heavy (non-hydrogen) atoms. The highest BCUT2D eigenvalue weighted by atomic mass is 79.9. The number of hydrogen-bond donors (Lipinski definition) is 0. The molecule has 5 heteroatoms. The van der Waals surface area contributed by atoms with Gasteiger partial charge in [0.1, 0.15) is 23.8 Å². The van der Waals surface area contributed by atoms with Crippen LogP contribution in [0.3, 0.4) is 0 Å². The second-order valence-electron chi connectivity index (χ2n) is 4.15. The lowest BCUT2D eigenvalue weighted by Gasteiger charge is -1.95. The van der Waals surface area contributed by atoms with Crippen LogP contribution >= 0.6 is 15.9 Å². The summed E-state index contributed by atoms with van der Waals surface area (Å²) in [6.07, 6.45) is 0. The number of alkyl halides is 1. The van der Waals surface area contributed by atoms with Crippen LogP contribution in [0.25, 0.3) is 0 Å². The predicted molar refractivity (Wildman–Crippen MR) is 79.6 cm³/mol. The minimum Gasteiger partial charge on any atom is -0.206 e. The van der Waals surface area contributed by atoms with E-state index in [0.717, 1.165) is 11.1 Å². The van der Waals surface area contributed by atoms with Gasteiger partial charge in [-0.2, -0.15) is 10.5 Å². The van der Waals surface area contributed by atoms with Gasteiger partial charge in [-0.25, -0.2) is 8.78 Å². The Bertz CT molecular complexity index is 715. The van der Waals surface area contributed by atoms with Gasteiger partial charge >= 0.3 is 0 Å². The number of benzene rings is 2. The lowest BCUT2D eigenvalue weighted by atomic mass is 10.1. The van der Waals surface area contributed by atoms with Crippen LogP contribution in [0.4, 0.5) is 8.78 Å². The Balaban J connectivity index is 0.000000211. The van der Waals surface area contributed by atoms with Crippen molar-refractivity contribution in [1.82, 2.24) is 0 Å². The summed E-state index contributed by atoms with van der Waals surface area (Å²) in [5, 5.41) is 17.4. The van der Waals surface area contributed by atoms with Gasteiger partial charge in [0.15, 0.2) is 0 Å². The summed E-state index contributed by atoms with van der Waals surface area (Å²) >= 11 is 3.21. The van der Waals surface area contributed by atoms with Crippen LogP contribution in [0.5, 0.6) is 0 Å². The van der Waals surface area contributed by atoms with Crippen molar-refractivity contribution in [2.24, 2.45) is 0 Å². The number of halogens is 3. The molecule has 0 unspecified atom stereocenters. The van der Waals surface area contributed by atoms with Crippen molar-refractivity contribution in [1.29, 1.82) is 10.5 Å². The third-order valence-corrected chi connectivity index (χ3v) is 3.20. The average Bonchev–Trinajstić information content (AvgIpc) is 2.51. The van der Waals surface area contributed by atoms with E-state index in [9.17, 15) is 8.78 Å². The maximum Gasteiger partial charge on any atom is 0.140 e. The molecule has 0 atom stereocenters. The normalized spacial score (nSPS) is 9.05. The molecule has 0 N–H and O–H groups in total. The molecule has 0 spiro atoms. The first kappa shape index (κ1) is 16.8. The lowest BCUT2D eigenvalue weighted by Crippen LogP contribution is -1.85. The van der Waals surface area contributed by atoms with Gasteiger partial charge in [0.25, 0.3) is 0 Å². The number of nitrogens with zero attached hydrogens (tertiary/aromatic N) is 2. The Morgan fingerprint density at radius 3 is 1.95 bits per heavy atom. The van der Waals surface area contributed by atoms with Gasteiger partial charge in [0, 0.05) is 5.33 Å². The van der Waals surface area contributed by atoms with Crippen LogP contribution < -0.4 is 0 Å². The van der Waals surface area contributed by atoms with E-state index in [4.69, 9.17) is 10.5 Å². The molecular weight excluding hydrogens is 338 g/mol. The second kappa shape index (κ2) is 8.14. The molecule has 106 valence electrons. The molecule has 0 bridgehead atoms. The first-order chi connectivity index (χ1) is 10.0. The molecule has 0 heterocycles. The molecule has 0 aliphatic carbocycles. The molecule has 0 aliphatic heterocycles. The maximum absolute atomic E-state index is 12.7. The first-order valence-corrected chi connectivity index (χ1v) is 7.04. The van der Waals surface area contributed by atoms with Crippen molar-refractivity contribution in [2.45, 2.75) is 12.3 Å². The Hall–Kier alpha value is -2.24. The number of aryl methyl sites for hydroxylation is 1. The fourth-order valence-electron chi connectivity index (χ4n) is 1.47. The standard InChI is InChI=1S/C8H5BrFN.C8H6FN/c9-4-6-1-2-8(10)7(3-6)5-11;1-6-2-3-8(9)7(4-6)5-10/h1-3H,4H2;2-4H,1H3. The van der Waals surface area contributed by atoms with Crippen LogP contribution in [-0.2, 0) is 5.33 Å².